The van der Waals surface area contributed by atoms with Crippen LogP contribution >= 0.6 is 15.9 Å². The van der Waals surface area contributed by atoms with Crippen LogP contribution in [0.15, 0.2) is 53.0 Å². The number of hydrogen-bond acceptors (Lipinski definition) is 1. The van der Waals surface area contributed by atoms with E-state index in [2.05, 4.69) is 15.9 Å². The predicted octanol–water partition coefficient (Wildman–Crippen LogP) is 4.30. The minimum atomic E-state index is -0.817. The second kappa shape index (κ2) is 5.36. The van der Waals surface area contributed by atoms with Crippen molar-refractivity contribution in [2.24, 2.45) is 0 Å². The Kier molecular flexibility index (Phi) is 3.82. The van der Waals surface area contributed by atoms with Crippen molar-refractivity contribution in [2.75, 3.05) is 0 Å². The summed E-state index contributed by atoms with van der Waals surface area (Å²) >= 11 is 3.45. The Morgan fingerprint density at radius 3 is 2.33 bits per heavy atom. The van der Waals surface area contributed by atoms with Crippen LogP contribution in [0.5, 0.6) is 0 Å². The summed E-state index contributed by atoms with van der Waals surface area (Å²) in [5, 5.41) is 9.03. The van der Waals surface area contributed by atoms with Crippen molar-refractivity contribution in [3.05, 3.63) is 58.6 Å². The largest absolute Gasteiger partial charge is 0.481 e. The van der Waals surface area contributed by atoms with Crippen LogP contribution in [0.3, 0.4) is 0 Å². The highest BCUT2D eigenvalue weighted by Crippen LogP contribution is 2.30. The molecule has 0 aliphatic rings. The van der Waals surface area contributed by atoms with E-state index < -0.39 is 11.9 Å². The maximum Gasteiger partial charge on any atom is 0.310 e. The summed E-state index contributed by atoms with van der Waals surface area (Å²) in [5.41, 5.74) is 2.98. The van der Waals surface area contributed by atoms with Gasteiger partial charge in [-0.3, -0.25) is 4.79 Å². The summed E-state index contributed by atoms with van der Waals surface area (Å²) in [4.78, 5) is 11.0. The zero-order chi connectivity index (χ0) is 13.1. The van der Waals surface area contributed by atoms with Gasteiger partial charge in [0.15, 0.2) is 0 Å². The SMILES string of the molecule is CC(C(=O)O)c1ccc(-c2ccccc2)cc1Br. The summed E-state index contributed by atoms with van der Waals surface area (Å²) in [6, 6.07) is 15.8. The smallest absolute Gasteiger partial charge is 0.310 e. The highest BCUT2D eigenvalue weighted by atomic mass is 79.9. The van der Waals surface area contributed by atoms with Crippen molar-refractivity contribution in [1.29, 1.82) is 0 Å². The molecule has 18 heavy (non-hydrogen) atoms. The van der Waals surface area contributed by atoms with E-state index in [4.69, 9.17) is 5.11 Å². The van der Waals surface area contributed by atoms with Gasteiger partial charge in [0.1, 0.15) is 0 Å². The average Bonchev–Trinajstić information content (AvgIpc) is 2.38. The van der Waals surface area contributed by atoms with E-state index in [-0.39, 0.29) is 0 Å². The monoisotopic (exact) mass is 304 g/mol. The molecule has 92 valence electrons. The molecular formula is C15H13BrO2. The van der Waals surface area contributed by atoms with Gasteiger partial charge in [0.25, 0.3) is 0 Å². The molecule has 2 aromatic carbocycles. The molecule has 0 aliphatic heterocycles. The molecule has 0 fully saturated rings. The second-order valence-corrected chi connectivity index (χ2v) is 5.02. The molecule has 1 N–H and O–H groups in total. The van der Waals surface area contributed by atoms with Crippen LogP contribution in [-0.4, -0.2) is 11.1 Å². The molecule has 0 saturated carbocycles. The lowest BCUT2D eigenvalue weighted by molar-refractivity contribution is -0.138. The fourth-order valence-electron chi connectivity index (χ4n) is 1.82. The summed E-state index contributed by atoms with van der Waals surface area (Å²) in [6.45, 7) is 1.69. The predicted molar refractivity (Wildman–Crippen MR) is 75.6 cm³/mol. The maximum atomic E-state index is 11.0. The van der Waals surface area contributed by atoms with Gasteiger partial charge in [0, 0.05) is 4.47 Å². The molecular weight excluding hydrogens is 292 g/mol. The first-order valence-corrected chi connectivity index (χ1v) is 6.46. The van der Waals surface area contributed by atoms with Crippen molar-refractivity contribution in [1.82, 2.24) is 0 Å². The number of hydrogen-bond donors (Lipinski definition) is 1. The van der Waals surface area contributed by atoms with Gasteiger partial charge in [-0.05, 0) is 29.7 Å². The molecule has 0 aromatic heterocycles. The minimum Gasteiger partial charge on any atom is -0.481 e. The third kappa shape index (κ3) is 2.62. The van der Waals surface area contributed by atoms with E-state index >= 15 is 0 Å². The molecule has 2 aromatic rings. The Morgan fingerprint density at radius 1 is 1.11 bits per heavy atom. The molecule has 2 rings (SSSR count). The fraction of sp³-hybridized carbons (Fsp3) is 0.133. The second-order valence-electron chi connectivity index (χ2n) is 4.16. The van der Waals surface area contributed by atoms with Crippen molar-refractivity contribution < 1.29 is 9.90 Å². The highest BCUT2D eigenvalue weighted by Gasteiger charge is 2.16. The van der Waals surface area contributed by atoms with E-state index in [1.54, 1.807) is 6.92 Å². The zero-order valence-electron chi connectivity index (χ0n) is 9.93. The van der Waals surface area contributed by atoms with Gasteiger partial charge in [-0.2, -0.15) is 0 Å². The van der Waals surface area contributed by atoms with Crippen LogP contribution in [0, 0.1) is 0 Å². The first kappa shape index (κ1) is 12.8. The van der Waals surface area contributed by atoms with E-state index in [9.17, 15) is 4.79 Å². The summed E-state index contributed by atoms with van der Waals surface area (Å²) in [7, 11) is 0. The van der Waals surface area contributed by atoms with E-state index in [0.29, 0.717) is 0 Å². The van der Waals surface area contributed by atoms with Gasteiger partial charge in [-0.25, -0.2) is 0 Å². The Labute approximate surface area is 114 Å². The van der Waals surface area contributed by atoms with E-state index in [1.807, 2.05) is 48.5 Å². The molecule has 3 heteroatoms. The maximum absolute atomic E-state index is 11.0. The third-order valence-corrected chi connectivity index (χ3v) is 3.63. The fourth-order valence-corrected chi connectivity index (χ4v) is 2.54. The standard InChI is InChI=1S/C15H13BrO2/c1-10(15(17)18)13-8-7-12(9-14(13)16)11-5-3-2-4-6-11/h2-10H,1H3,(H,17,18). The van der Waals surface area contributed by atoms with Crippen LogP contribution in [0.2, 0.25) is 0 Å². The van der Waals surface area contributed by atoms with Gasteiger partial charge >= 0.3 is 5.97 Å². The van der Waals surface area contributed by atoms with Crippen molar-refractivity contribution >= 4 is 21.9 Å². The number of aliphatic carboxylic acids is 1. The van der Waals surface area contributed by atoms with Crippen LogP contribution in [-0.2, 0) is 4.79 Å². The molecule has 1 unspecified atom stereocenters. The third-order valence-electron chi connectivity index (χ3n) is 2.94. The molecule has 0 bridgehead atoms. The van der Waals surface area contributed by atoms with Gasteiger partial charge in [-0.1, -0.05) is 58.4 Å². The molecule has 0 aliphatic carbocycles. The molecule has 0 radical (unpaired) electrons. The normalized spacial score (nSPS) is 12.1. The lowest BCUT2D eigenvalue weighted by Gasteiger charge is -2.11. The number of carbonyl (C=O) groups is 1. The number of carboxylic acids is 1. The molecule has 1 atom stereocenters. The van der Waals surface area contributed by atoms with Crippen molar-refractivity contribution in [2.45, 2.75) is 12.8 Å². The van der Waals surface area contributed by atoms with Gasteiger partial charge in [0.05, 0.1) is 5.92 Å². The number of benzene rings is 2. The van der Waals surface area contributed by atoms with Crippen LogP contribution in [0.4, 0.5) is 0 Å². The highest BCUT2D eigenvalue weighted by molar-refractivity contribution is 9.10. The molecule has 0 spiro atoms. The topological polar surface area (TPSA) is 37.3 Å². The summed E-state index contributed by atoms with van der Waals surface area (Å²) in [5.74, 6) is -1.33. The number of halogens is 1. The molecule has 0 saturated heterocycles. The van der Waals surface area contributed by atoms with Gasteiger partial charge in [0.2, 0.25) is 0 Å². The van der Waals surface area contributed by atoms with Crippen LogP contribution < -0.4 is 0 Å². The van der Waals surface area contributed by atoms with Crippen molar-refractivity contribution in [3.63, 3.8) is 0 Å². The molecule has 0 heterocycles. The van der Waals surface area contributed by atoms with Crippen LogP contribution in [0.1, 0.15) is 18.4 Å². The summed E-state index contributed by atoms with van der Waals surface area (Å²) in [6.07, 6.45) is 0. The summed E-state index contributed by atoms with van der Waals surface area (Å²) < 4.78 is 0.832. The first-order valence-electron chi connectivity index (χ1n) is 5.67. The van der Waals surface area contributed by atoms with Gasteiger partial charge in [-0.15, -0.1) is 0 Å². The minimum absolute atomic E-state index is 0.510. The molecule has 2 nitrogen and oxygen atoms in total. The van der Waals surface area contributed by atoms with Crippen LogP contribution in [0.25, 0.3) is 11.1 Å². The van der Waals surface area contributed by atoms with Gasteiger partial charge < -0.3 is 5.11 Å². The Balaban J connectivity index is 2.40. The molecule has 0 amide bonds. The average molecular weight is 305 g/mol. The number of rotatable bonds is 3. The Morgan fingerprint density at radius 2 is 1.78 bits per heavy atom. The quantitative estimate of drug-likeness (QED) is 0.917. The first-order chi connectivity index (χ1) is 8.59. The Hall–Kier alpha value is -1.61. The van der Waals surface area contributed by atoms with E-state index in [1.165, 1.54) is 0 Å². The lowest BCUT2D eigenvalue weighted by Crippen LogP contribution is -2.07. The van der Waals surface area contributed by atoms with Crippen molar-refractivity contribution in [3.8, 4) is 11.1 Å². The zero-order valence-corrected chi connectivity index (χ0v) is 11.5. The lowest BCUT2D eigenvalue weighted by atomic mass is 9.98. The Bertz CT molecular complexity index is 564. The van der Waals surface area contributed by atoms with E-state index in [0.717, 1.165) is 21.2 Å². The number of carboxylic acid groups (broad SMARTS) is 1.